The van der Waals surface area contributed by atoms with Crippen LogP contribution < -0.4 is 9.47 Å². The fourth-order valence-corrected chi connectivity index (χ4v) is 3.77. The molecule has 0 saturated heterocycles. The number of allylic oxidation sites excluding steroid dienone is 1. The first-order valence-electron chi connectivity index (χ1n) is 11.5. The van der Waals surface area contributed by atoms with E-state index in [-0.39, 0.29) is 29.0 Å². The maximum absolute atomic E-state index is 14.8. The Morgan fingerprint density at radius 3 is 1.76 bits per heavy atom. The highest BCUT2D eigenvalue weighted by Gasteiger charge is 2.20. The zero-order valence-corrected chi connectivity index (χ0v) is 20.0. The normalized spacial score (nSPS) is 11.1. The average molecular weight is 506 g/mol. The Morgan fingerprint density at radius 2 is 1.22 bits per heavy atom. The van der Waals surface area contributed by atoms with E-state index in [1.54, 1.807) is 31.2 Å². The molecule has 0 bridgehead atoms. The van der Waals surface area contributed by atoms with E-state index in [4.69, 9.17) is 9.47 Å². The van der Waals surface area contributed by atoms with Crippen molar-refractivity contribution in [2.45, 2.75) is 13.8 Å². The second-order valence-corrected chi connectivity index (χ2v) is 8.00. The Bertz CT molecular complexity index is 1460. The van der Waals surface area contributed by atoms with Crippen LogP contribution in [0, 0.1) is 23.3 Å². The molecule has 0 unspecified atom stereocenters. The number of rotatable bonds is 7. The number of carbonyl (C=O) groups is 1. The van der Waals surface area contributed by atoms with Crippen molar-refractivity contribution in [3.8, 4) is 33.8 Å². The van der Waals surface area contributed by atoms with Gasteiger partial charge in [0.25, 0.3) is 0 Å². The number of hydrogen-bond donors (Lipinski definition) is 0. The van der Waals surface area contributed by atoms with E-state index in [2.05, 4.69) is 0 Å². The van der Waals surface area contributed by atoms with Crippen molar-refractivity contribution >= 4 is 12.0 Å². The number of benzene rings is 4. The summed E-state index contributed by atoms with van der Waals surface area (Å²) < 4.78 is 68.3. The van der Waals surface area contributed by atoms with Gasteiger partial charge in [0.2, 0.25) is 11.6 Å². The van der Waals surface area contributed by atoms with Gasteiger partial charge < -0.3 is 9.47 Å². The van der Waals surface area contributed by atoms with Gasteiger partial charge in [-0.15, -0.1) is 0 Å². The lowest BCUT2D eigenvalue weighted by Crippen LogP contribution is -2.10. The van der Waals surface area contributed by atoms with Crippen LogP contribution in [0.1, 0.15) is 29.8 Å². The number of halogens is 4. The number of ether oxygens (including phenoxy) is 2. The summed E-state index contributed by atoms with van der Waals surface area (Å²) in [6.45, 7) is 3.71. The summed E-state index contributed by atoms with van der Waals surface area (Å²) in [5.74, 6) is -6.35. The molecule has 0 saturated carbocycles. The van der Waals surface area contributed by atoms with Gasteiger partial charge in [-0.3, -0.25) is 0 Å². The molecular weight excluding hydrogens is 484 g/mol. The van der Waals surface area contributed by atoms with Crippen molar-refractivity contribution in [1.29, 1.82) is 0 Å². The standard InChI is InChI=1S/C30H22F4O3/c1-3-5-18-6-8-19(9-7-18)23-15-17-25(29(34)27(23)32)37-30(35)21-12-10-20(11-13-21)22-14-16-24(36-4-2)28(33)26(22)31/h3,5-17H,4H2,1-2H3/b5-3+. The molecule has 0 aliphatic heterocycles. The summed E-state index contributed by atoms with van der Waals surface area (Å²) in [5, 5.41) is 0. The van der Waals surface area contributed by atoms with Gasteiger partial charge in [-0.25, -0.2) is 13.6 Å². The molecule has 0 spiro atoms. The van der Waals surface area contributed by atoms with Crippen molar-refractivity contribution < 1.29 is 31.8 Å². The van der Waals surface area contributed by atoms with Gasteiger partial charge in [0.15, 0.2) is 23.1 Å². The molecule has 4 aromatic rings. The van der Waals surface area contributed by atoms with Gasteiger partial charge in [-0.1, -0.05) is 48.6 Å². The van der Waals surface area contributed by atoms with Gasteiger partial charge in [-0.2, -0.15) is 8.78 Å². The molecule has 0 aliphatic rings. The summed E-state index contributed by atoms with van der Waals surface area (Å²) >= 11 is 0. The van der Waals surface area contributed by atoms with Crippen LogP contribution in [0.4, 0.5) is 17.6 Å². The smallest absolute Gasteiger partial charge is 0.343 e. The van der Waals surface area contributed by atoms with Crippen molar-refractivity contribution in [1.82, 2.24) is 0 Å². The molecule has 0 N–H and O–H groups in total. The van der Waals surface area contributed by atoms with Crippen LogP contribution in [-0.2, 0) is 0 Å². The predicted molar refractivity (Wildman–Crippen MR) is 134 cm³/mol. The highest BCUT2D eigenvalue weighted by molar-refractivity contribution is 5.91. The second kappa shape index (κ2) is 11.1. The van der Waals surface area contributed by atoms with Crippen LogP contribution in [0.15, 0.2) is 78.9 Å². The van der Waals surface area contributed by atoms with Crippen molar-refractivity contribution in [3.05, 3.63) is 113 Å². The maximum Gasteiger partial charge on any atom is 0.343 e. The molecule has 0 fully saturated rings. The fourth-order valence-electron chi connectivity index (χ4n) is 3.77. The Hall–Kier alpha value is -4.39. The van der Waals surface area contributed by atoms with E-state index in [0.29, 0.717) is 11.1 Å². The summed E-state index contributed by atoms with van der Waals surface area (Å²) in [6, 6.07) is 17.5. The minimum Gasteiger partial charge on any atom is -0.491 e. The molecule has 0 amide bonds. The number of hydrogen-bond acceptors (Lipinski definition) is 3. The third-order valence-electron chi connectivity index (χ3n) is 5.61. The van der Waals surface area contributed by atoms with Crippen LogP contribution in [0.2, 0.25) is 0 Å². The van der Waals surface area contributed by atoms with Crippen LogP contribution in [0.3, 0.4) is 0 Å². The third kappa shape index (κ3) is 5.40. The molecule has 0 heterocycles. The summed E-state index contributed by atoms with van der Waals surface area (Å²) in [5.41, 5.74) is 1.70. The molecular formula is C30H22F4O3. The van der Waals surface area contributed by atoms with Crippen LogP contribution in [0.5, 0.6) is 11.5 Å². The van der Waals surface area contributed by atoms with Crippen molar-refractivity contribution in [2.75, 3.05) is 6.61 Å². The van der Waals surface area contributed by atoms with Crippen LogP contribution in [-0.4, -0.2) is 12.6 Å². The summed E-state index contributed by atoms with van der Waals surface area (Å²) in [7, 11) is 0. The van der Waals surface area contributed by atoms with Gasteiger partial charge in [0.1, 0.15) is 0 Å². The second-order valence-electron chi connectivity index (χ2n) is 8.00. The molecule has 188 valence electrons. The summed E-state index contributed by atoms with van der Waals surface area (Å²) in [6.07, 6.45) is 3.74. The predicted octanol–water partition coefficient (Wildman–Crippen LogP) is 8.23. The van der Waals surface area contributed by atoms with Gasteiger partial charge in [-0.05, 0) is 66.9 Å². The van der Waals surface area contributed by atoms with E-state index in [1.165, 1.54) is 48.5 Å². The van der Waals surface area contributed by atoms with E-state index in [1.807, 2.05) is 19.1 Å². The molecule has 37 heavy (non-hydrogen) atoms. The largest absolute Gasteiger partial charge is 0.491 e. The first kappa shape index (κ1) is 25.7. The molecule has 0 aliphatic carbocycles. The van der Waals surface area contributed by atoms with Crippen molar-refractivity contribution in [3.63, 3.8) is 0 Å². The quantitative estimate of drug-likeness (QED) is 0.144. The summed E-state index contributed by atoms with van der Waals surface area (Å²) in [4.78, 5) is 12.5. The number of esters is 1. The molecule has 7 heteroatoms. The van der Waals surface area contributed by atoms with Crippen LogP contribution >= 0.6 is 0 Å². The van der Waals surface area contributed by atoms with E-state index in [9.17, 15) is 22.4 Å². The SMILES string of the molecule is C/C=C/c1ccc(-c2ccc(OC(=O)c3ccc(-c4ccc(OCC)c(F)c4F)cc3)c(F)c2F)cc1. The Kier molecular flexibility index (Phi) is 7.72. The lowest BCUT2D eigenvalue weighted by atomic mass is 10.0. The van der Waals surface area contributed by atoms with E-state index >= 15 is 0 Å². The van der Waals surface area contributed by atoms with Crippen LogP contribution in [0.25, 0.3) is 28.3 Å². The highest BCUT2D eigenvalue weighted by Crippen LogP contribution is 2.32. The molecule has 0 radical (unpaired) electrons. The Labute approximate surface area is 211 Å². The molecule has 3 nitrogen and oxygen atoms in total. The molecule has 4 aromatic carbocycles. The monoisotopic (exact) mass is 506 g/mol. The average Bonchev–Trinajstić information content (AvgIpc) is 2.91. The maximum atomic E-state index is 14.8. The Morgan fingerprint density at radius 1 is 0.703 bits per heavy atom. The lowest BCUT2D eigenvalue weighted by molar-refractivity contribution is 0.0726. The first-order valence-corrected chi connectivity index (χ1v) is 11.5. The molecule has 0 aromatic heterocycles. The minimum absolute atomic E-state index is 0.0130. The minimum atomic E-state index is -1.30. The number of carbonyl (C=O) groups excluding carboxylic acids is 1. The zero-order chi connectivity index (χ0) is 26.5. The fraction of sp³-hybridized carbons (Fsp3) is 0.100. The molecule has 0 atom stereocenters. The lowest BCUT2D eigenvalue weighted by Gasteiger charge is -2.11. The van der Waals surface area contributed by atoms with Gasteiger partial charge in [0.05, 0.1) is 12.2 Å². The Balaban J connectivity index is 1.52. The van der Waals surface area contributed by atoms with E-state index in [0.717, 1.165) is 5.56 Å². The zero-order valence-electron chi connectivity index (χ0n) is 20.0. The first-order chi connectivity index (χ1) is 17.8. The third-order valence-corrected chi connectivity index (χ3v) is 5.61. The topological polar surface area (TPSA) is 35.5 Å². The van der Waals surface area contributed by atoms with Gasteiger partial charge in [0, 0.05) is 11.1 Å². The van der Waals surface area contributed by atoms with Gasteiger partial charge >= 0.3 is 5.97 Å². The van der Waals surface area contributed by atoms with Crippen molar-refractivity contribution in [2.24, 2.45) is 0 Å². The highest BCUT2D eigenvalue weighted by atomic mass is 19.2. The molecule has 4 rings (SSSR count). The van der Waals surface area contributed by atoms with E-state index < -0.39 is 35.0 Å².